The van der Waals surface area contributed by atoms with Crippen LogP contribution in [0, 0.1) is 0 Å². The van der Waals surface area contributed by atoms with E-state index in [1.807, 2.05) is 20.9 Å². The second-order valence-corrected chi connectivity index (χ2v) is 7.40. The molecule has 2 heterocycles. The van der Waals surface area contributed by atoms with Gasteiger partial charge in [-0.3, -0.25) is 4.90 Å². The zero-order chi connectivity index (χ0) is 20.1. The fourth-order valence-electron chi connectivity index (χ4n) is 3.68. The average Bonchev–Trinajstić information content (AvgIpc) is 2.73. The van der Waals surface area contributed by atoms with Crippen LogP contribution in [-0.2, 0) is 28.6 Å². The molecule has 150 valence electrons. The van der Waals surface area contributed by atoms with Crippen molar-refractivity contribution in [3.8, 4) is 0 Å². The average molecular weight is 379 g/mol. The monoisotopic (exact) mass is 379 g/mol. The summed E-state index contributed by atoms with van der Waals surface area (Å²) in [6.45, 7) is 7.19. The minimum absolute atomic E-state index is 0.0189. The lowest BCUT2D eigenvalue weighted by atomic mass is 10.00. The number of carbonyl (C=O) groups excluding carboxylic acids is 3. The third-order valence-electron chi connectivity index (χ3n) is 4.96. The Bertz CT molecular complexity index is 649. The van der Waals surface area contributed by atoms with Gasteiger partial charge in [-0.25, -0.2) is 14.4 Å². The quantitative estimate of drug-likeness (QED) is 0.397. The Morgan fingerprint density at radius 1 is 1.00 bits per heavy atom. The molecule has 0 unspecified atom stereocenters. The number of hydrogen-bond acceptors (Lipinski definition) is 7. The van der Waals surface area contributed by atoms with Gasteiger partial charge in [0.05, 0.1) is 12.6 Å². The topological polar surface area (TPSA) is 82.1 Å². The molecule has 0 N–H and O–H groups in total. The van der Waals surface area contributed by atoms with E-state index in [2.05, 4.69) is 4.90 Å². The first-order valence-electron chi connectivity index (χ1n) is 9.34. The maximum absolute atomic E-state index is 12.2. The van der Waals surface area contributed by atoms with Gasteiger partial charge in [0.2, 0.25) is 0 Å². The van der Waals surface area contributed by atoms with Gasteiger partial charge in [0, 0.05) is 43.0 Å². The highest BCUT2D eigenvalue weighted by molar-refractivity contribution is 5.95. The lowest BCUT2D eigenvalue weighted by Gasteiger charge is -2.36. The van der Waals surface area contributed by atoms with Gasteiger partial charge >= 0.3 is 17.9 Å². The van der Waals surface area contributed by atoms with E-state index in [4.69, 9.17) is 14.2 Å². The van der Waals surface area contributed by atoms with Crippen molar-refractivity contribution >= 4 is 17.9 Å². The van der Waals surface area contributed by atoms with E-state index in [-0.39, 0.29) is 42.4 Å². The third kappa shape index (κ3) is 5.66. The lowest BCUT2D eigenvalue weighted by Crippen LogP contribution is -2.46. The Labute approximate surface area is 160 Å². The molecule has 2 fully saturated rings. The minimum Gasteiger partial charge on any atom is -0.463 e. The largest absolute Gasteiger partial charge is 0.463 e. The van der Waals surface area contributed by atoms with Crippen molar-refractivity contribution < 1.29 is 28.6 Å². The molecule has 2 bridgehead atoms. The lowest BCUT2D eigenvalue weighted by molar-refractivity contribution is -0.151. The van der Waals surface area contributed by atoms with Crippen LogP contribution in [0.4, 0.5) is 0 Å². The standard InChI is InChI=1S/C20H29NO6/c1-6-25-18(22)8-13(4)20(24)26-15-9-14-10-17(16(11-15)21(14)5)27-19(23)7-12(2)3/h7-8,14-17H,6,9-11H2,1-5H3/b13-8+/t14-,15-,16+,17-/m1/s1. The third-order valence-corrected chi connectivity index (χ3v) is 4.96. The van der Waals surface area contributed by atoms with Crippen LogP contribution in [0.3, 0.4) is 0 Å². The number of hydrogen-bond donors (Lipinski definition) is 0. The van der Waals surface area contributed by atoms with Crippen LogP contribution >= 0.6 is 0 Å². The molecule has 2 aliphatic heterocycles. The van der Waals surface area contributed by atoms with Gasteiger partial charge in [0.15, 0.2) is 0 Å². The molecule has 4 atom stereocenters. The molecule has 2 aliphatic rings. The van der Waals surface area contributed by atoms with Crippen LogP contribution in [0.15, 0.2) is 23.3 Å². The van der Waals surface area contributed by atoms with Gasteiger partial charge in [0.25, 0.3) is 0 Å². The predicted octanol–water partition coefficient (Wildman–Crippen LogP) is 2.15. The number of fused-ring (bicyclic) bond motifs is 2. The smallest absolute Gasteiger partial charge is 0.334 e. The summed E-state index contributed by atoms with van der Waals surface area (Å²) in [6.07, 6.45) is 4.18. The number of allylic oxidation sites excluding steroid dienone is 1. The Morgan fingerprint density at radius 2 is 1.70 bits per heavy atom. The maximum atomic E-state index is 12.2. The molecule has 2 rings (SSSR count). The summed E-state index contributed by atoms with van der Waals surface area (Å²) in [5.41, 5.74) is 1.11. The van der Waals surface area contributed by atoms with Crippen LogP contribution in [0.1, 0.15) is 47.0 Å². The van der Waals surface area contributed by atoms with E-state index in [0.29, 0.717) is 12.8 Å². The van der Waals surface area contributed by atoms with Gasteiger partial charge in [-0.05, 0) is 34.7 Å². The SMILES string of the molecule is CCOC(=O)/C=C(\C)C(=O)O[C@@H]1C[C@@H]2C[C@@H](OC(=O)C=C(C)C)[C@H](C1)N2C. The van der Waals surface area contributed by atoms with Crippen molar-refractivity contribution in [3.05, 3.63) is 23.3 Å². The fraction of sp³-hybridized carbons (Fsp3) is 0.650. The van der Waals surface area contributed by atoms with Crippen molar-refractivity contribution in [2.24, 2.45) is 0 Å². The van der Waals surface area contributed by atoms with Gasteiger partial charge in [0.1, 0.15) is 12.2 Å². The predicted molar refractivity (Wildman–Crippen MR) is 98.8 cm³/mol. The number of nitrogens with zero attached hydrogens (tertiary/aromatic N) is 1. The molecule has 0 saturated carbocycles. The molecule has 7 heteroatoms. The molecule has 27 heavy (non-hydrogen) atoms. The number of piperidine rings is 1. The molecule has 0 aliphatic carbocycles. The number of ether oxygens (including phenoxy) is 3. The molecule has 7 nitrogen and oxygen atoms in total. The Hall–Kier alpha value is -2.15. The van der Waals surface area contributed by atoms with Crippen LogP contribution in [0.2, 0.25) is 0 Å². The number of carbonyl (C=O) groups is 3. The second kappa shape index (κ2) is 9.17. The summed E-state index contributed by atoms with van der Waals surface area (Å²) in [7, 11) is 2.01. The van der Waals surface area contributed by atoms with Crippen LogP contribution < -0.4 is 0 Å². The maximum Gasteiger partial charge on any atom is 0.334 e. The number of esters is 3. The van der Waals surface area contributed by atoms with Gasteiger partial charge in [-0.2, -0.15) is 0 Å². The van der Waals surface area contributed by atoms with Crippen molar-refractivity contribution in [3.63, 3.8) is 0 Å². The molecule has 0 aromatic carbocycles. The Balaban J connectivity index is 1.96. The van der Waals surface area contributed by atoms with E-state index in [0.717, 1.165) is 18.1 Å². The van der Waals surface area contributed by atoms with E-state index >= 15 is 0 Å². The van der Waals surface area contributed by atoms with Crippen molar-refractivity contribution in [2.45, 2.75) is 71.2 Å². The molecular weight excluding hydrogens is 350 g/mol. The van der Waals surface area contributed by atoms with E-state index in [9.17, 15) is 14.4 Å². The Morgan fingerprint density at radius 3 is 2.33 bits per heavy atom. The summed E-state index contributed by atoms with van der Waals surface area (Å²) in [6, 6.07) is 0.214. The van der Waals surface area contributed by atoms with Crippen molar-refractivity contribution in [1.29, 1.82) is 0 Å². The molecule has 0 aromatic rings. The molecule has 0 aromatic heterocycles. The highest BCUT2D eigenvalue weighted by Gasteiger charge is 2.47. The summed E-state index contributed by atoms with van der Waals surface area (Å²) in [5.74, 6) is -1.40. The first kappa shape index (κ1) is 21.2. The second-order valence-electron chi connectivity index (χ2n) is 7.40. The Kier molecular flexibility index (Phi) is 7.18. The molecule has 0 amide bonds. The molecule has 0 radical (unpaired) electrons. The zero-order valence-corrected chi connectivity index (χ0v) is 16.7. The van der Waals surface area contributed by atoms with Crippen molar-refractivity contribution in [1.82, 2.24) is 4.90 Å². The van der Waals surface area contributed by atoms with Crippen LogP contribution in [0.5, 0.6) is 0 Å². The molecule has 2 saturated heterocycles. The van der Waals surface area contributed by atoms with E-state index in [1.165, 1.54) is 13.0 Å². The summed E-state index contributed by atoms with van der Waals surface area (Å²) in [4.78, 5) is 37.9. The van der Waals surface area contributed by atoms with Crippen LogP contribution in [-0.4, -0.2) is 60.8 Å². The molecule has 0 spiro atoms. The van der Waals surface area contributed by atoms with E-state index in [1.54, 1.807) is 6.92 Å². The summed E-state index contributed by atoms with van der Waals surface area (Å²) >= 11 is 0. The minimum atomic E-state index is -0.554. The van der Waals surface area contributed by atoms with Gasteiger partial charge in [-0.15, -0.1) is 0 Å². The summed E-state index contributed by atoms with van der Waals surface area (Å²) < 4.78 is 16.0. The number of rotatable bonds is 6. The number of likely N-dealkylation sites (N-methyl/N-ethyl adjacent to an activating group) is 1. The van der Waals surface area contributed by atoms with Gasteiger partial charge in [-0.1, -0.05) is 5.57 Å². The first-order valence-corrected chi connectivity index (χ1v) is 9.34. The highest BCUT2D eigenvalue weighted by Crippen LogP contribution is 2.37. The normalized spacial score (nSPS) is 27.7. The first-order chi connectivity index (χ1) is 12.7. The van der Waals surface area contributed by atoms with Crippen LogP contribution in [0.25, 0.3) is 0 Å². The van der Waals surface area contributed by atoms with Crippen molar-refractivity contribution in [2.75, 3.05) is 13.7 Å². The van der Waals surface area contributed by atoms with Gasteiger partial charge < -0.3 is 14.2 Å². The van der Waals surface area contributed by atoms with E-state index < -0.39 is 11.9 Å². The summed E-state index contributed by atoms with van der Waals surface area (Å²) in [5, 5.41) is 0. The zero-order valence-electron chi connectivity index (χ0n) is 16.7. The fourth-order valence-corrected chi connectivity index (χ4v) is 3.68. The highest BCUT2D eigenvalue weighted by atomic mass is 16.6. The molecular formula is C20H29NO6.